The number of carbonyl (C=O) groups is 3. The second-order valence-electron chi connectivity index (χ2n) is 6.71. The number of ketones is 1. The van der Waals surface area contributed by atoms with Crippen molar-refractivity contribution in [1.29, 1.82) is 0 Å². The Labute approximate surface area is 171 Å². The molecule has 0 radical (unpaired) electrons. The number of likely N-dealkylation sites (tertiary alicyclic amines) is 1. The Morgan fingerprint density at radius 3 is 2.40 bits per heavy atom. The Balaban J connectivity index is 2.13. The van der Waals surface area contributed by atoms with Crippen molar-refractivity contribution < 1.29 is 29.5 Å². The molecule has 1 fully saturated rings. The lowest BCUT2D eigenvalue weighted by Crippen LogP contribution is -2.31. The van der Waals surface area contributed by atoms with E-state index in [0.717, 1.165) is 4.90 Å². The molecule has 30 heavy (non-hydrogen) atoms. The molecule has 2 aromatic carbocycles. The van der Waals surface area contributed by atoms with Crippen LogP contribution < -0.4 is 0 Å². The van der Waals surface area contributed by atoms with Crippen LogP contribution in [0.1, 0.15) is 30.0 Å². The van der Waals surface area contributed by atoms with E-state index in [1.165, 1.54) is 24.3 Å². The molecule has 1 amide bonds. The van der Waals surface area contributed by atoms with Crippen LogP contribution in [0.2, 0.25) is 0 Å². The van der Waals surface area contributed by atoms with E-state index < -0.39 is 34.4 Å². The minimum absolute atomic E-state index is 0.0597. The minimum atomic E-state index is -1.07. The van der Waals surface area contributed by atoms with Crippen molar-refractivity contribution in [3.05, 3.63) is 81.4 Å². The van der Waals surface area contributed by atoms with E-state index in [1.54, 1.807) is 30.3 Å². The first kappa shape index (κ1) is 20.7. The molecule has 1 aliphatic heterocycles. The molecule has 1 aliphatic rings. The summed E-state index contributed by atoms with van der Waals surface area (Å²) < 4.78 is 0. The van der Waals surface area contributed by atoms with Crippen molar-refractivity contribution in [3.8, 4) is 0 Å². The average Bonchev–Trinajstić information content (AvgIpc) is 2.98. The highest BCUT2D eigenvalue weighted by atomic mass is 16.6. The SMILES string of the molecule is O=C(O)CCCN1C(=O)C(=O)/C(=C(/O)c2ccccc2)C1c1cccc([N+](=O)[O-])c1. The first-order valence-corrected chi connectivity index (χ1v) is 9.11. The van der Waals surface area contributed by atoms with E-state index in [2.05, 4.69) is 0 Å². The van der Waals surface area contributed by atoms with Crippen LogP contribution in [0.5, 0.6) is 0 Å². The van der Waals surface area contributed by atoms with Crippen molar-refractivity contribution in [2.45, 2.75) is 18.9 Å². The zero-order valence-corrected chi connectivity index (χ0v) is 15.7. The molecule has 1 unspecified atom stereocenters. The van der Waals surface area contributed by atoms with Crippen LogP contribution in [-0.2, 0) is 14.4 Å². The van der Waals surface area contributed by atoms with Gasteiger partial charge in [-0.2, -0.15) is 0 Å². The first-order valence-electron chi connectivity index (χ1n) is 9.11. The quantitative estimate of drug-likeness (QED) is 0.235. The number of Topliss-reactive ketones (excluding diaryl/α,β-unsaturated/α-hetero) is 1. The summed E-state index contributed by atoms with van der Waals surface area (Å²) in [7, 11) is 0. The number of nitro benzene ring substituents is 1. The van der Waals surface area contributed by atoms with Gasteiger partial charge in [0.15, 0.2) is 0 Å². The number of nitrogens with zero attached hydrogens (tertiary/aromatic N) is 2. The number of rotatable bonds is 7. The number of amides is 1. The number of nitro groups is 1. The van der Waals surface area contributed by atoms with Crippen LogP contribution in [0, 0.1) is 10.1 Å². The number of aliphatic hydroxyl groups excluding tert-OH is 1. The zero-order valence-electron chi connectivity index (χ0n) is 15.7. The molecule has 2 aromatic rings. The van der Waals surface area contributed by atoms with Gasteiger partial charge in [-0.05, 0) is 12.0 Å². The third kappa shape index (κ3) is 4.04. The van der Waals surface area contributed by atoms with Crippen LogP contribution in [0.25, 0.3) is 5.76 Å². The minimum Gasteiger partial charge on any atom is -0.507 e. The summed E-state index contributed by atoms with van der Waals surface area (Å²) in [4.78, 5) is 48.0. The third-order valence-electron chi connectivity index (χ3n) is 4.77. The van der Waals surface area contributed by atoms with Crippen molar-refractivity contribution in [2.24, 2.45) is 0 Å². The van der Waals surface area contributed by atoms with Crippen molar-refractivity contribution in [2.75, 3.05) is 6.54 Å². The molecule has 0 aliphatic carbocycles. The van der Waals surface area contributed by atoms with Gasteiger partial charge in [-0.15, -0.1) is 0 Å². The number of carboxylic acid groups (broad SMARTS) is 1. The summed E-state index contributed by atoms with van der Waals surface area (Å²) >= 11 is 0. The topological polar surface area (TPSA) is 138 Å². The predicted octanol–water partition coefficient (Wildman–Crippen LogP) is 2.88. The zero-order chi connectivity index (χ0) is 21.8. The summed E-state index contributed by atoms with van der Waals surface area (Å²) in [5.74, 6) is -3.27. The Morgan fingerprint density at radius 1 is 1.07 bits per heavy atom. The maximum atomic E-state index is 12.8. The molecule has 0 bridgehead atoms. The van der Waals surface area contributed by atoms with Crippen LogP contribution in [0.4, 0.5) is 5.69 Å². The lowest BCUT2D eigenvalue weighted by Gasteiger charge is -2.25. The highest BCUT2D eigenvalue weighted by Gasteiger charge is 2.46. The number of benzene rings is 2. The smallest absolute Gasteiger partial charge is 0.303 e. The van der Waals surface area contributed by atoms with Crippen molar-refractivity contribution in [3.63, 3.8) is 0 Å². The lowest BCUT2D eigenvalue weighted by atomic mass is 9.95. The van der Waals surface area contributed by atoms with E-state index in [4.69, 9.17) is 5.11 Å². The Bertz CT molecular complexity index is 1050. The predicted molar refractivity (Wildman–Crippen MR) is 105 cm³/mol. The van der Waals surface area contributed by atoms with E-state index >= 15 is 0 Å². The first-order chi connectivity index (χ1) is 14.3. The van der Waals surface area contributed by atoms with E-state index in [-0.39, 0.29) is 36.2 Å². The van der Waals surface area contributed by atoms with Gasteiger partial charge in [-0.3, -0.25) is 24.5 Å². The maximum absolute atomic E-state index is 12.8. The van der Waals surface area contributed by atoms with E-state index in [1.807, 2.05) is 0 Å². The van der Waals surface area contributed by atoms with Crippen molar-refractivity contribution in [1.82, 2.24) is 4.90 Å². The summed E-state index contributed by atoms with van der Waals surface area (Å²) in [6.07, 6.45) is -0.136. The number of carboxylic acids is 1. The Morgan fingerprint density at radius 2 is 1.77 bits per heavy atom. The number of non-ortho nitro benzene ring substituents is 1. The number of hydrogen-bond acceptors (Lipinski definition) is 6. The fourth-order valence-corrected chi connectivity index (χ4v) is 3.42. The largest absolute Gasteiger partial charge is 0.507 e. The van der Waals surface area contributed by atoms with E-state index in [0.29, 0.717) is 5.56 Å². The van der Waals surface area contributed by atoms with Gasteiger partial charge < -0.3 is 15.1 Å². The van der Waals surface area contributed by atoms with E-state index in [9.17, 15) is 29.6 Å². The van der Waals surface area contributed by atoms with Gasteiger partial charge in [0.2, 0.25) is 0 Å². The normalized spacial score (nSPS) is 17.9. The number of hydrogen-bond donors (Lipinski definition) is 2. The Hall–Kier alpha value is -4.01. The molecule has 2 N–H and O–H groups in total. The summed E-state index contributed by atoms with van der Waals surface area (Å²) in [6, 6.07) is 12.5. The molecule has 1 heterocycles. The van der Waals surface area contributed by atoms with Crippen LogP contribution in [0.3, 0.4) is 0 Å². The average molecular weight is 410 g/mol. The van der Waals surface area contributed by atoms with Gasteiger partial charge in [-0.1, -0.05) is 42.5 Å². The van der Waals surface area contributed by atoms with Crippen molar-refractivity contribution >= 4 is 29.1 Å². The second kappa shape index (κ2) is 8.56. The van der Waals surface area contributed by atoms with Crippen LogP contribution in [0.15, 0.2) is 60.2 Å². The molecular weight excluding hydrogens is 392 g/mol. The number of carbonyl (C=O) groups excluding carboxylic acids is 2. The molecule has 1 saturated heterocycles. The number of aliphatic hydroxyl groups is 1. The molecule has 0 aromatic heterocycles. The summed E-state index contributed by atoms with van der Waals surface area (Å²) in [5.41, 5.74) is 0.165. The highest BCUT2D eigenvalue weighted by molar-refractivity contribution is 6.46. The van der Waals surface area contributed by atoms with Gasteiger partial charge in [0.05, 0.1) is 16.5 Å². The molecule has 0 saturated carbocycles. The standard InChI is InChI=1S/C21H18N2O7/c24-16(25)10-5-11-22-18(14-8-4-9-15(12-14)23(29)30)17(20(27)21(22)28)19(26)13-6-2-1-3-7-13/h1-4,6-9,12,18,26H,5,10-11H2,(H,24,25)/b19-17+. The maximum Gasteiger partial charge on any atom is 0.303 e. The fraction of sp³-hybridized carbons (Fsp3) is 0.190. The van der Waals surface area contributed by atoms with Gasteiger partial charge >= 0.3 is 5.97 Å². The summed E-state index contributed by atoms with van der Waals surface area (Å²) in [6.45, 7) is -0.0597. The highest BCUT2D eigenvalue weighted by Crippen LogP contribution is 2.40. The second-order valence-corrected chi connectivity index (χ2v) is 6.71. The lowest BCUT2D eigenvalue weighted by molar-refractivity contribution is -0.384. The van der Waals surface area contributed by atoms with Crippen LogP contribution >= 0.6 is 0 Å². The molecule has 9 nitrogen and oxygen atoms in total. The van der Waals surface area contributed by atoms with Gasteiger partial charge in [0, 0.05) is 30.7 Å². The molecule has 0 spiro atoms. The molecular formula is C21H18N2O7. The molecule has 9 heteroatoms. The van der Waals surface area contributed by atoms with Crippen LogP contribution in [-0.4, -0.2) is 44.2 Å². The van der Waals surface area contributed by atoms with Gasteiger partial charge in [0.25, 0.3) is 17.4 Å². The summed E-state index contributed by atoms with van der Waals surface area (Å²) in [5, 5.41) is 30.9. The monoisotopic (exact) mass is 410 g/mol. The molecule has 3 rings (SSSR count). The van der Waals surface area contributed by atoms with Gasteiger partial charge in [-0.25, -0.2) is 0 Å². The fourth-order valence-electron chi connectivity index (χ4n) is 3.42. The number of aliphatic carboxylic acids is 1. The Kier molecular flexibility index (Phi) is 5.91. The molecule has 1 atom stereocenters. The molecule has 154 valence electrons. The third-order valence-corrected chi connectivity index (χ3v) is 4.77. The van der Waals surface area contributed by atoms with Gasteiger partial charge in [0.1, 0.15) is 5.76 Å².